The lowest BCUT2D eigenvalue weighted by molar-refractivity contribution is -0.130. The molecule has 1 aromatic rings. The van der Waals surface area contributed by atoms with Crippen LogP contribution >= 0.6 is 7.60 Å². The average molecular weight is 339 g/mol. The topological polar surface area (TPSA) is 66.8 Å². The molecule has 0 spiro atoms. The van der Waals surface area contributed by atoms with E-state index in [-0.39, 0.29) is 18.9 Å². The molecule has 6 heteroatoms. The number of rotatable bonds is 9. The predicted molar refractivity (Wildman–Crippen MR) is 93.4 cm³/mol. The summed E-state index contributed by atoms with van der Waals surface area (Å²) in [5.74, 6) is -0.345. The summed E-state index contributed by atoms with van der Waals surface area (Å²) >= 11 is 0. The van der Waals surface area contributed by atoms with Crippen molar-refractivity contribution in [3.05, 3.63) is 42.0 Å². The standard InChI is InChI=1S/C17H26NO4P/c1-5-14-9-11-15(12-10-14)13-16(23(20,21)22-8-4)17(19)18(6-2)7-3/h5,9-12,16H,1,6-8,13H2,2-4H3,(H,20,21). The Hall–Kier alpha value is -1.42. The molecule has 0 aliphatic carbocycles. The van der Waals surface area contributed by atoms with Crippen molar-refractivity contribution in [2.45, 2.75) is 32.9 Å². The summed E-state index contributed by atoms with van der Waals surface area (Å²) in [5.41, 5.74) is 0.685. The first-order valence-electron chi connectivity index (χ1n) is 7.86. The molecule has 0 aliphatic heterocycles. The van der Waals surface area contributed by atoms with Gasteiger partial charge in [0.15, 0.2) is 0 Å². The summed E-state index contributed by atoms with van der Waals surface area (Å²) in [4.78, 5) is 24.4. The summed E-state index contributed by atoms with van der Waals surface area (Å²) in [6.07, 6.45) is 1.89. The Kier molecular flexibility index (Phi) is 7.69. The van der Waals surface area contributed by atoms with Crippen LogP contribution in [0.2, 0.25) is 0 Å². The van der Waals surface area contributed by atoms with Crippen molar-refractivity contribution in [2.24, 2.45) is 0 Å². The van der Waals surface area contributed by atoms with E-state index in [0.29, 0.717) is 13.1 Å². The molecular formula is C17H26NO4P. The molecule has 0 bridgehead atoms. The molecule has 2 unspecified atom stereocenters. The Bertz CT molecular complexity index is 566. The minimum Gasteiger partial charge on any atom is -0.342 e. The van der Waals surface area contributed by atoms with Gasteiger partial charge in [-0.05, 0) is 38.3 Å². The highest BCUT2D eigenvalue weighted by Crippen LogP contribution is 2.49. The van der Waals surface area contributed by atoms with E-state index in [1.165, 1.54) is 0 Å². The summed E-state index contributed by atoms with van der Waals surface area (Å²) in [6.45, 7) is 10.1. The van der Waals surface area contributed by atoms with Crippen molar-refractivity contribution in [2.75, 3.05) is 19.7 Å². The van der Waals surface area contributed by atoms with Crippen LogP contribution in [0.4, 0.5) is 0 Å². The van der Waals surface area contributed by atoms with Gasteiger partial charge in [-0.1, -0.05) is 36.9 Å². The number of nitrogens with zero attached hydrogens (tertiary/aromatic N) is 1. The minimum atomic E-state index is -4.03. The third kappa shape index (κ3) is 5.31. The third-order valence-electron chi connectivity index (χ3n) is 3.71. The molecule has 1 rings (SSSR count). The zero-order valence-corrected chi connectivity index (χ0v) is 15.0. The second-order valence-corrected chi connectivity index (χ2v) is 7.17. The fourth-order valence-corrected chi connectivity index (χ4v) is 3.81. The highest BCUT2D eigenvalue weighted by molar-refractivity contribution is 7.54. The van der Waals surface area contributed by atoms with Gasteiger partial charge in [0.1, 0.15) is 5.66 Å². The van der Waals surface area contributed by atoms with E-state index in [2.05, 4.69) is 6.58 Å². The van der Waals surface area contributed by atoms with Gasteiger partial charge in [0.05, 0.1) is 6.61 Å². The fraction of sp³-hybridized carbons (Fsp3) is 0.471. The normalized spacial score (nSPS) is 14.8. The van der Waals surface area contributed by atoms with Crippen LogP contribution in [-0.4, -0.2) is 41.1 Å². The number of benzene rings is 1. The lowest BCUT2D eigenvalue weighted by Gasteiger charge is -2.27. The monoisotopic (exact) mass is 339 g/mol. The summed E-state index contributed by atoms with van der Waals surface area (Å²) in [7, 11) is -4.03. The van der Waals surface area contributed by atoms with E-state index in [9.17, 15) is 14.3 Å². The Morgan fingerprint density at radius 3 is 2.30 bits per heavy atom. The van der Waals surface area contributed by atoms with E-state index < -0.39 is 13.3 Å². The van der Waals surface area contributed by atoms with E-state index in [0.717, 1.165) is 11.1 Å². The number of hydrogen-bond donors (Lipinski definition) is 1. The number of carbonyl (C=O) groups is 1. The van der Waals surface area contributed by atoms with Crippen LogP contribution < -0.4 is 0 Å². The maximum Gasteiger partial charge on any atom is 0.340 e. The highest BCUT2D eigenvalue weighted by Gasteiger charge is 2.40. The van der Waals surface area contributed by atoms with Gasteiger partial charge in [-0.3, -0.25) is 9.36 Å². The van der Waals surface area contributed by atoms with Crippen molar-refractivity contribution in [3.8, 4) is 0 Å². The lowest BCUT2D eigenvalue weighted by Crippen LogP contribution is -2.40. The molecule has 0 saturated heterocycles. The Morgan fingerprint density at radius 1 is 1.30 bits per heavy atom. The summed E-state index contributed by atoms with van der Waals surface area (Å²) < 4.78 is 17.5. The maximum atomic E-state index is 12.7. The van der Waals surface area contributed by atoms with Gasteiger partial charge < -0.3 is 14.3 Å². The SMILES string of the molecule is C=Cc1ccc(CC(C(=O)N(CC)CC)P(=O)(O)OCC)cc1. The van der Waals surface area contributed by atoms with Crippen molar-refractivity contribution >= 4 is 19.6 Å². The van der Waals surface area contributed by atoms with Gasteiger partial charge in [-0.25, -0.2) is 0 Å². The minimum absolute atomic E-state index is 0.0885. The smallest absolute Gasteiger partial charge is 0.340 e. The molecule has 23 heavy (non-hydrogen) atoms. The summed E-state index contributed by atoms with van der Waals surface area (Å²) in [6, 6.07) is 7.41. The van der Waals surface area contributed by atoms with E-state index in [1.54, 1.807) is 17.9 Å². The first kappa shape index (κ1) is 19.6. The second-order valence-electron chi connectivity index (χ2n) is 5.16. The maximum absolute atomic E-state index is 12.7. The largest absolute Gasteiger partial charge is 0.342 e. The van der Waals surface area contributed by atoms with E-state index in [1.807, 2.05) is 38.1 Å². The van der Waals surface area contributed by atoms with E-state index in [4.69, 9.17) is 4.52 Å². The van der Waals surface area contributed by atoms with Crippen LogP contribution in [0.5, 0.6) is 0 Å². The average Bonchev–Trinajstić information content (AvgIpc) is 2.54. The second kappa shape index (κ2) is 9.02. The fourth-order valence-electron chi connectivity index (χ4n) is 2.38. The third-order valence-corrected chi connectivity index (χ3v) is 5.53. The van der Waals surface area contributed by atoms with Crippen LogP contribution in [0, 0.1) is 0 Å². The molecule has 128 valence electrons. The molecule has 0 saturated carbocycles. The molecule has 1 N–H and O–H groups in total. The van der Waals surface area contributed by atoms with Crippen LogP contribution in [0.1, 0.15) is 31.9 Å². The Morgan fingerprint density at radius 2 is 1.87 bits per heavy atom. The highest BCUT2D eigenvalue weighted by atomic mass is 31.2. The van der Waals surface area contributed by atoms with Crippen LogP contribution in [0.25, 0.3) is 6.08 Å². The Labute approximate surface area is 138 Å². The molecule has 0 aliphatic rings. The van der Waals surface area contributed by atoms with Crippen molar-refractivity contribution < 1.29 is 18.8 Å². The quantitative estimate of drug-likeness (QED) is 0.701. The van der Waals surface area contributed by atoms with Crippen LogP contribution in [-0.2, 0) is 20.3 Å². The lowest BCUT2D eigenvalue weighted by atomic mass is 10.1. The van der Waals surface area contributed by atoms with Gasteiger partial charge in [0.25, 0.3) is 0 Å². The number of hydrogen-bond acceptors (Lipinski definition) is 3. The molecule has 2 atom stereocenters. The van der Waals surface area contributed by atoms with Crippen LogP contribution in [0.3, 0.4) is 0 Å². The molecule has 0 heterocycles. The first-order valence-corrected chi connectivity index (χ1v) is 9.51. The zero-order valence-electron chi connectivity index (χ0n) is 14.1. The van der Waals surface area contributed by atoms with E-state index >= 15 is 0 Å². The van der Waals surface area contributed by atoms with Crippen LogP contribution in [0.15, 0.2) is 30.8 Å². The molecule has 0 aromatic heterocycles. The molecule has 0 fully saturated rings. The van der Waals surface area contributed by atoms with Gasteiger partial charge in [0, 0.05) is 13.1 Å². The van der Waals surface area contributed by atoms with Gasteiger partial charge >= 0.3 is 7.60 Å². The van der Waals surface area contributed by atoms with Gasteiger partial charge in [-0.2, -0.15) is 0 Å². The van der Waals surface area contributed by atoms with Crippen molar-refractivity contribution in [3.63, 3.8) is 0 Å². The number of carbonyl (C=O) groups excluding carboxylic acids is 1. The summed E-state index contributed by atoms with van der Waals surface area (Å²) in [5, 5.41) is 0. The first-order chi connectivity index (χ1) is 10.9. The number of amides is 1. The molecule has 1 amide bonds. The van der Waals surface area contributed by atoms with Gasteiger partial charge in [0.2, 0.25) is 5.91 Å². The molecule has 1 aromatic carbocycles. The Balaban J connectivity index is 3.09. The van der Waals surface area contributed by atoms with Crippen molar-refractivity contribution in [1.29, 1.82) is 0 Å². The van der Waals surface area contributed by atoms with Crippen molar-refractivity contribution in [1.82, 2.24) is 4.90 Å². The molecule has 0 radical (unpaired) electrons. The van der Waals surface area contributed by atoms with Gasteiger partial charge in [-0.15, -0.1) is 0 Å². The molecular weight excluding hydrogens is 313 g/mol. The zero-order chi connectivity index (χ0) is 17.5. The predicted octanol–water partition coefficient (Wildman–Crippen LogP) is 3.33. The molecule has 5 nitrogen and oxygen atoms in total.